The van der Waals surface area contributed by atoms with Crippen LogP contribution in [-0.4, -0.2) is 14.5 Å². The van der Waals surface area contributed by atoms with Crippen molar-refractivity contribution in [1.29, 1.82) is 0 Å². The van der Waals surface area contributed by atoms with Gasteiger partial charge in [-0.15, -0.1) is 0 Å². The summed E-state index contributed by atoms with van der Waals surface area (Å²) in [4.78, 5) is 0.252. The van der Waals surface area contributed by atoms with Gasteiger partial charge >= 0.3 is 0 Å². The van der Waals surface area contributed by atoms with Crippen molar-refractivity contribution in [2.75, 3.05) is 0 Å². The maximum absolute atomic E-state index is 12.3. The van der Waals surface area contributed by atoms with Crippen LogP contribution in [0.4, 0.5) is 0 Å². The van der Waals surface area contributed by atoms with Gasteiger partial charge in [0.2, 0.25) is 0 Å². The highest BCUT2D eigenvalue weighted by atomic mass is 32.2. The van der Waals surface area contributed by atoms with Gasteiger partial charge in [0.1, 0.15) is 0 Å². The lowest BCUT2D eigenvalue weighted by molar-refractivity contribution is 0.181. The third-order valence-electron chi connectivity index (χ3n) is 3.80. The van der Waals surface area contributed by atoms with Gasteiger partial charge in [-0.2, -0.15) is 8.42 Å². The Balaban J connectivity index is 2.56. The molecular formula is C18H30O3S. The van der Waals surface area contributed by atoms with Gasteiger partial charge in [0.15, 0.2) is 0 Å². The summed E-state index contributed by atoms with van der Waals surface area (Å²) in [7, 11) is -3.64. The van der Waals surface area contributed by atoms with Crippen LogP contribution in [0, 0.1) is 0 Å². The molecule has 0 aliphatic carbocycles. The Labute approximate surface area is 136 Å². The van der Waals surface area contributed by atoms with Gasteiger partial charge in [0.25, 0.3) is 10.1 Å². The average Bonchev–Trinajstić information content (AvgIpc) is 2.52. The molecule has 1 atom stereocenters. The number of rotatable bonds is 12. The zero-order chi connectivity index (χ0) is 16.3. The molecule has 0 aliphatic heterocycles. The Bertz CT molecular complexity index is 482. The first-order chi connectivity index (χ1) is 10.6. The molecule has 1 unspecified atom stereocenters. The van der Waals surface area contributed by atoms with Crippen LogP contribution in [0.3, 0.4) is 0 Å². The number of unbranched alkanes of at least 4 members (excludes halogenated alkanes) is 5. The Hall–Kier alpha value is -0.870. The Morgan fingerprint density at radius 2 is 1.45 bits per heavy atom. The van der Waals surface area contributed by atoms with Gasteiger partial charge in [-0.05, 0) is 25.0 Å². The van der Waals surface area contributed by atoms with E-state index >= 15 is 0 Å². The number of benzene rings is 1. The van der Waals surface area contributed by atoms with Crippen molar-refractivity contribution in [3.63, 3.8) is 0 Å². The Kier molecular flexibility index (Phi) is 9.41. The van der Waals surface area contributed by atoms with Crippen molar-refractivity contribution in [3.8, 4) is 0 Å². The molecule has 3 nitrogen and oxygen atoms in total. The van der Waals surface area contributed by atoms with Crippen molar-refractivity contribution in [3.05, 3.63) is 30.3 Å². The van der Waals surface area contributed by atoms with Crippen molar-refractivity contribution < 1.29 is 12.6 Å². The van der Waals surface area contributed by atoms with E-state index in [0.29, 0.717) is 0 Å². The molecule has 0 saturated carbocycles. The highest BCUT2D eigenvalue weighted by molar-refractivity contribution is 7.86. The monoisotopic (exact) mass is 326 g/mol. The smallest absolute Gasteiger partial charge is 0.263 e. The molecule has 4 heteroatoms. The van der Waals surface area contributed by atoms with Gasteiger partial charge in [-0.25, -0.2) is 0 Å². The van der Waals surface area contributed by atoms with E-state index in [4.69, 9.17) is 4.18 Å². The largest absolute Gasteiger partial charge is 0.297 e. The minimum absolute atomic E-state index is 0.188. The van der Waals surface area contributed by atoms with E-state index in [2.05, 4.69) is 13.8 Å². The molecular weight excluding hydrogens is 296 g/mol. The summed E-state index contributed by atoms with van der Waals surface area (Å²) in [5, 5.41) is 0. The number of hydrogen-bond donors (Lipinski definition) is 0. The van der Waals surface area contributed by atoms with Crippen LogP contribution in [-0.2, 0) is 14.3 Å². The summed E-state index contributed by atoms with van der Waals surface area (Å²) in [6.07, 6.45) is 9.41. The minimum atomic E-state index is -3.64. The Morgan fingerprint density at radius 3 is 2.09 bits per heavy atom. The summed E-state index contributed by atoms with van der Waals surface area (Å²) in [6, 6.07) is 8.44. The van der Waals surface area contributed by atoms with Crippen LogP contribution < -0.4 is 0 Å². The van der Waals surface area contributed by atoms with Crippen LogP contribution in [0.15, 0.2) is 35.2 Å². The van der Waals surface area contributed by atoms with E-state index in [9.17, 15) is 8.42 Å². The van der Waals surface area contributed by atoms with Crippen LogP contribution in [0.2, 0.25) is 0 Å². The maximum Gasteiger partial charge on any atom is 0.297 e. The first-order valence-corrected chi connectivity index (χ1v) is 9.99. The molecule has 22 heavy (non-hydrogen) atoms. The quantitative estimate of drug-likeness (QED) is 0.386. The fourth-order valence-corrected chi connectivity index (χ4v) is 3.62. The summed E-state index contributed by atoms with van der Waals surface area (Å²) in [5.74, 6) is 0. The number of hydrogen-bond acceptors (Lipinski definition) is 3. The van der Waals surface area contributed by atoms with E-state index in [-0.39, 0.29) is 11.0 Å². The van der Waals surface area contributed by atoms with Gasteiger partial charge in [-0.3, -0.25) is 4.18 Å². The molecule has 0 fully saturated rings. The first-order valence-electron chi connectivity index (χ1n) is 8.58. The predicted octanol–water partition coefficient (Wildman–Crippen LogP) is 5.31. The molecule has 0 saturated heterocycles. The molecule has 0 aromatic heterocycles. The highest BCUT2D eigenvalue weighted by Gasteiger charge is 2.21. The molecule has 0 amide bonds. The molecule has 0 N–H and O–H groups in total. The second-order valence-electron chi connectivity index (χ2n) is 5.83. The van der Waals surface area contributed by atoms with Crippen molar-refractivity contribution in [2.24, 2.45) is 0 Å². The lowest BCUT2D eigenvalue weighted by atomic mass is 10.0. The second-order valence-corrected chi connectivity index (χ2v) is 7.40. The normalized spacial score (nSPS) is 13.2. The van der Waals surface area contributed by atoms with E-state index in [1.54, 1.807) is 30.3 Å². The fourth-order valence-electron chi connectivity index (χ4n) is 2.47. The average molecular weight is 327 g/mol. The molecule has 1 rings (SSSR count). The van der Waals surface area contributed by atoms with Crippen LogP contribution in [0.5, 0.6) is 0 Å². The van der Waals surface area contributed by atoms with E-state index < -0.39 is 10.1 Å². The maximum atomic E-state index is 12.3. The van der Waals surface area contributed by atoms with Gasteiger partial charge in [0, 0.05) is 0 Å². The van der Waals surface area contributed by atoms with E-state index in [0.717, 1.165) is 38.5 Å². The van der Waals surface area contributed by atoms with E-state index in [1.165, 1.54) is 19.3 Å². The lowest BCUT2D eigenvalue weighted by Gasteiger charge is -2.17. The summed E-state index contributed by atoms with van der Waals surface area (Å²) < 4.78 is 30.1. The van der Waals surface area contributed by atoms with Crippen LogP contribution in [0.25, 0.3) is 0 Å². The topological polar surface area (TPSA) is 43.4 Å². The lowest BCUT2D eigenvalue weighted by Crippen LogP contribution is -2.19. The molecule has 0 radical (unpaired) electrons. The second kappa shape index (κ2) is 10.8. The van der Waals surface area contributed by atoms with Gasteiger partial charge in [0.05, 0.1) is 11.0 Å². The Morgan fingerprint density at radius 1 is 0.864 bits per heavy atom. The van der Waals surface area contributed by atoms with Gasteiger partial charge in [-0.1, -0.05) is 77.0 Å². The molecule has 0 aliphatic rings. The van der Waals surface area contributed by atoms with Gasteiger partial charge < -0.3 is 0 Å². The fraction of sp³-hybridized carbons (Fsp3) is 0.667. The first kappa shape index (κ1) is 19.2. The molecule has 0 spiro atoms. The summed E-state index contributed by atoms with van der Waals surface area (Å²) >= 11 is 0. The standard InChI is InChI=1S/C18H30O3S/c1-3-5-7-8-10-14-17(13-6-4-2)21-22(19,20)18-15-11-9-12-16-18/h9,11-12,15-17H,3-8,10,13-14H2,1-2H3. The zero-order valence-corrected chi connectivity index (χ0v) is 14.8. The molecule has 0 bridgehead atoms. The third-order valence-corrected chi connectivity index (χ3v) is 5.18. The van der Waals surface area contributed by atoms with Crippen LogP contribution >= 0.6 is 0 Å². The third kappa shape index (κ3) is 7.41. The van der Waals surface area contributed by atoms with Crippen molar-refractivity contribution in [1.82, 2.24) is 0 Å². The zero-order valence-electron chi connectivity index (χ0n) is 14.0. The van der Waals surface area contributed by atoms with E-state index in [1.807, 2.05) is 0 Å². The van der Waals surface area contributed by atoms with Crippen molar-refractivity contribution in [2.45, 2.75) is 82.6 Å². The van der Waals surface area contributed by atoms with Crippen LogP contribution in [0.1, 0.15) is 71.6 Å². The summed E-state index contributed by atoms with van der Waals surface area (Å²) in [6.45, 7) is 4.31. The summed E-state index contributed by atoms with van der Waals surface area (Å²) in [5.41, 5.74) is 0. The molecule has 0 heterocycles. The SMILES string of the molecule is CCCCCCCC(CCCC)OS(=O)(=O)c1ccccc1. The minimum Gasteiger partial charge on any atom is -0.263 e. The molecule has 1 aromatic rings. The molecule has 126 valence electrons. The highest BCUT2D eigenvalue weighted by Crippen LogP contribution is 2.20. The van der Waals surface area contributed by atoms with Crippen molar-refractivity contribution >= 4 is 10.1 Å². The predicted molar refractivity (Wildman–Crippen MR) is 91.4 cm³/mol. The molecule has 1 aromatic carbocycles.